The van der Waals surface area contributed by atoms with Gasteiger partial charge in [-0.15, -0.1) is 0 Å². The Morgan fingerprint density at radius 3 is 1.54 bits per heavy atom. The molecule has 0 aliphatic rings. The van der Waals surface area contributed by atoms with Gasteiger partial charge in [0.25, 0.3) is 11.4 Å². The molecule has 224 valence electrons. The summed E-state index contributed by atoms with van der Waals surface area (Å²) in [4.78, 5) is 23.5. The summed E-state index contributed by atoms with van der Waals surface area (Å²) in [5.41, 5.74) is 5.75. The fraction of sp³-hybridized carbons (Fsp3) is 0.308. The summed E-state index contributed by atoms with van der Waals surface area (Å²) in [5, 5.41) is 21.1. The molecule has 0 heterocycles. The second-order valence-corrected chi connectivity index (χ2v) is 9.93. The molecule has 0 atom stereocenters. The standard InChI is InChI=1S/C10H13ClN2O3.C10H15ClN2O.C6H3ClFNO2/c1-12(2)5-6-16-8-3-4-10(13(14)15)9(11)7-8;1-13(2)5-6-14-8-3-4-10(12)9(11)7-8;7-5-3-4(8)1-2-6(5)9(10)11/h3-4,7H,5-6H2,1-2H3;3-4,7H,5-6,12H2,1-2H3;1-3H. The van der Waals surface area contributed by atoms with Crippen LogP contribution in [0.15, 0.2) is 54.6 Å². The highest BCUT2D eigenvalue weighted by Gasteiger charge is 2.13. The minimum atomic E-state index is -0.665. The maximum atomic E-state index is 12.3. The number of nitro groups is 2. The van der Waals surface area contributed by atoms with E-state index in [1.54, 1.807) is 18.2 Å². The molecule has 41 heavy (non-hydrogen) atoms. The Labute approximate surface area is 252 Å². The molecule has 11 nitrogen and oxygen atoms in total. The second-order valence-electron chi connectivity index (χ2n) is 8.71. The zero-order chi connectivity index (χ0) is 31.1. The first-order valence-corrected chi connectivity index (χ1v) is 13.0. The van der Waals surface area contributed by atoms with Crippen LogP contribution < -0.4 is 15.2 Å². The molecule has 0 aliphatic heterocycles. The van der Waals surface area contributed by atoms with Crippen LogP contribution in [0.3, 0.4) is 0 Å². The van der Waals surface area contributed by atoms with Gasteiger partial charge in [0.1, 0.15) is 40.6 Å². The van der Waals surface area contributed by atoms with Crippen molar-refractivity contribution >= 4 is 51.9 Å². The van der Waals surface area contributed by atoms with Crippen LogP contribution in [0.2, 0.25) is 15.1 Å². The lowest BCUT2D eigenvalue weighted by atomic mass is 10.3. The average Bonchev–Trinajstić information content (AvgIpc) is 2.86. The number of ether oxygens (including phenoxy) is 2. The zero-order valence-corrected chi connectivity index (χ0v) is 25.1. The first-order valence-electron chi connectivity index (χ1n) is 11.8. The van der Waals surface area contributed by atoms with Crippen LogP contribution in [0, 0.1) is 26.0 Å². The maximum absolute atomic E-state index is 12.3. The van der Waals surface area contributed by atoms with Crippen molar-refractivity contribution < 1.29 is 23.7 Å². The van der Waals surface area contributed by atoms with Crippen LogP contribution in [0.25, 0.3) is 0 Å². The fourth-order valence-electron chi connectivity index (χ4n) is 2.64. The molecule has 0 radical (unpaired) electrons. The molecule has 0 aromatic heterocycles. The van der Waals surface area contributed by atoms with Gasteiger partial charge in [0.2, 0.25) is 0 Å². The Morgan fingerprint density at radius 2 is 1.15 bits per heavy atom. The predicted molar refractivity (Wildman–Crippen MR) is 160 cm³/mol. The average molecular weight is 635 g/mol. The first kappa shape index (κ1) is 35.6. The number of anilines is 1. The van der Waals surface area contributed by atoms with Crippen LogP contribution in [0.1, 0.15) is 0 Å². The van der Waals surface area contributed by atoms with Gasteiger partial charge in [-0.25, -0.2) is 4.39 Å². The van der Waals surface area contributed by atoms with E-state index in [0.717, 1.165) is 37.0 Å². The maximum Gasteiger partial charge on any atom is 0.288 e. The molecule has 0 bridgehead atoms. The van der Waals surface area contributed by atoms with Crippen molar-refractivity contribution in [1.82, 2.24) is 9.80 Å². The molecule has 0 aliphatic carbocycles. The Balaban J connectivity index is 0.000000313. The van der Waals surface area contributed by atoms with Crippen molar-refractivity contribution in [3.8, 4) is 11.5 Å². The van der Waals surface area contributed by atoms with Gasteiger partial charge in [0.15, 0.2) is 0 Å². The summed E-state index contributed by atoms with van der Waals surface area (Å²) >= 11 is 16.9. The smallest absolute Gasteiger partial charge is 0.288 e. The lowest BCUT2D eigenvalue weighted by Gasteiger charge is -2.11. The van der Waals surface area contributed by atoms with E-state index in [9.17, 15) is 24.6 Å². The van der Waals surface area contributed by atoms with Gasteiger partial charge in [-0.05, 0) is 58.5 Å². The van der Waals surface area contributed by atoms with E-state index in [1.807, 2.05) is 39.2 Å². The number of nitrogens with two attached hydrogens (primary N) is 1. The Morgan fingerprint density at radius 1 is 0.732 bits per heavy atom. The molecular formula is C26H31Cl3FN5O6. The van der Waals surface area contributed by atoms with E-state index in [2.05, 4.69) is 4.90 Å². The zero-order valence-electron chi connectivity index (χ0n) is 22.9. The fourth-order valence-corrected chi connectivity index (χ4v) is 3.29. The molecule has 0 saturated heterocycles. The highest BCUT2D eigenvalue weighted by molar-refractivity contribution is 6.33. The van der Waals surface area contributed by atoms with Crippen LogP contribution in [-0.2, 0) is 0 Å². The third-order valence-electron chi connectivity index (χ3n) is 4.81. The number of nitro benzene ring substituents is 2. The third-order valence-corrected chi connectivity index (χ3v) is 5.74. The number of nitrogen functional groups attached to an aromatic ring is 1. The van der Waals surface area contributed by atoms with Gasteiger partial charge in [-0.1, -0.05) is 34.8 Å². The Bertz CT molecular complexity index is 1300. The SMILES string of the molecule is CN(C)CCOc1ccc(N)c(Cl)c1.CN(C)CCOc1ccc([N+](=O)[O-])c(Cl)c1.O=[N+]([O-])c1ccc(F)cc1Cl. The molecule has 0 spiro atoms. The molecule has 0 saturated carbocycles. The molecule has 3 aromatic carbocycles. The number of hydrogen-bond acceptors (Lipinski definition) is 9. The minimum absolute atomic E-state index is 0.0901. The van der Waals surface area contributed by atoms with Crippen molar-refractivity contribution in [2.75, 3.05) is 60.2 Å². The van der Waals surface area contributed by atoms with E-state index in [4.69, 9.17) is 50.0 Å². The van der Waals surface area contributed by atoms with Gasteiger partial charge in [0.05, 0.1) is 20.6 Å². The molecule has 3 rings (SSSR count). The first-order chi connectivity index (χ1) is 19.2. The molecule has 3 aromatic rings. The molecule has 0 unspecified atom stereocenters. The second kappa shape index (κ2) is 18.1. The Kier molecular flexibility index (Phi) is 15.7. The molecule has 15 heteroatoms. The van der Waals surface area contributed by atoms with Crippen LogP contribution in [0.5, 0.6) is 11.5 Å². The summed E-state index contributed by atoms with van der Waals surface area (Å²) in [7, 11) is 7.87. The highest BCUT2D eigenvalue weighted by atomic mass is 35.5. The predicted octanol–water partition coefficient (Wildman–Crippen LogP) is 6.44. The normalized spacial score (nSPS) is 10.3. The van der Waals surface area contributed by atoms with Gasteiger partial charge in [-0.2, -0.15) is 0 Å². The van der Waals surface area contributed by atoms with Gasteiger partial charge in [-0.3, -0.25) is 20.2 Å². The Hall–Kier alpha value is -3.42. The third kappa shape index (κ3) is 14.2. The van der Waals surface area contributed by atoms with Gasteiger partial charge in [0, 0.05) is 37.4 Å². The van der Waals surface area contributed by atoms with Crippen LogP contribution in [0.4, 0.5) is 21.5 Å². The van der Waals surface area contributed by atoms with Crippen molar-refractivity contribution in [3.63, 3.8) is 0 Å². The van der Waals surface area contributed by atoms with Crippen LogP contribution >= 0.6 is 34.8 Å². The number of likely N-dealkylation sites (N-methyl/N-ethyl adjacent to an activating group) is 2. The quantitative estimate of drug-likeness (QED) is 0.152. The van der Waals surface area contributed by atoms with E-state index in [1.165, 1.54) is 12.1 Å². The molecule has 2 N–H and O–H groups in total. The topological polar surface area (TPSA) is 137 Å². The van der Waals surface area contributed by atoms with Crippen LogP contribution in [-0.4, -0.2) is 74.1 Å². The monoisotopic (exact) mass is 633 g/mol. The van der Waals surface area contributed by atoms with Crippen molar-refractivity contribution in [2.24, 2.45) is 0 Å². The summed E-state index contributed by atoms with van der Waals surface area (Å²) in [6.07, 6.45) is 0. The van der Waals surface area contributed by atoms with Crippen molar-refractivity contribution in [3.05, 3.63) is 95.7 Å². The van der Waals surface area contributed by atoms with E-state index in [0.29, 0.717) is 29.7 Å². The summed E-state index contributed by atoms with van der Waals surface area (Å²) in [5.74, 6) is 0.712. The molecule has 0 amide bonds. The lowest BCUT2D eigenvalue weighted by molar-refractivity contribution is -0.384. The van der Waals surface area contributed by atoms with Crippen molar-refractivity contribution in [2.45, 2.75) is 0 Å². The number of nitrogens with zero attached hydrogens (tertiary/aromatic N) is 4. The largest absolute Gasteiger partial charge is 0.492 e. The van der Waals surface area contributed by atoms with Gasteiger partial charge >= 0.3 is 0 Å². The molecule has 0 fully saturated rings. The summed E-state index contributed by atoms with van der Waals surface area (Å²) < 4.78 is 23.2. The van der Waals surface area contributed by atoms with Crippen molar-refractivity contribution in [1.29, 1.82) is 0 Å². The number of benzene rings is 3. The lowest BCUT2D eigenvalue weighted by Crippen LogP contribution is -2.19. The molecular weight excluding hydrogens is 604 g/mol. The minimum Gasteiger partial charge on any atom is -0.492 e. The highest BCUT2D eigenvalue weighted by Crippen LogP contribution is 2.28. The number of rotatable bonds is 10. The number of halogens is 4. The number of hydrogen-bond donors (Lipinski definition) is 1. The van der Waals surface area contributed by atoms with E-state index in [-0.39, 0.29) is 21.4 Å². The summed E-state index contributed by atoms with van der Waals surface area (Å²) in [6.45, 7) is 2.81. The van der Waals surface area contributed by atoms with Gasteiger partial charge < -0.3 is 25.0 Å². The van der Waals surface area contributed by atoms with E-state index < -0.39 is 15.7 Å². The van der Waals surface area contributed by atoms with E-state index >= 15 is 0 Å². The summed E-state index contributed by atoms with van der Waals surface area (Å²) in [6, 6.07) is 12.5.